The van der Waals surface area contributed by atoms with Crippen molar-refractivity contribution in [1.82, 2.24) is 3.97 Å². The quantitative estimate of drug-likeness (QED) is 0.300. The Bertz CT molecular complexity index is 1460. The number of hydrogen-bond donors (Lipinski definition) is 0. The summed E-state index contributed by atoms with van der Waals surface area (Å²) in [6.45, 7) is 10.2. The Labute approximate surface area is 224 Å². The van der Waals surface area contributed by atoms with Crippen molar-refractivity contribution in [2.75, 3.05) is 6.61 Å². The van der Waals surface area contributed by atoms with Crippen LogP contribution in [0.3, 0.4) is 0 Å². The van der Waals surface area contributed by atoms with Gasteiger partial charge < -0.3 is 18.8 Å². The molecule has 0 bridgehead atoms. The van der Waals surface area contributed by atoms with Gasteiger partial charge in [0.05, 0.1) is 35.0 Å². The van der Waals surface area contributed by atoms with Crippen molar-refractivity contribution in [2.45, 2.75) is 76.9 Å². The summed E-state index contributed by atoms with van der Waals surface area (Å²) in [6.07, 6.45) is 3.06. The molecule has 38 heavy (non-hydrogen) atoms. The molecule has 5 rings (SSSR count). The molecule has 1 saturated carbocycles. The van der Waals surface area contributed by atoms with E-state index in [0.29, 0.717) is 30.7 Å². The van der Waals surface area contributed by atoms with E-state index in [1.807, 2.05) is 70.2 Å². The van der Waals surface area contributed by atoms with Crippen LogP contribution in [0.2, 0.25) is 0 Å². The van der Waals surface area contributed by atoms with Gasteiger partial charge in [-0.25, -0.2) is 12.4 Å². The zero-order valence-electron chi connectivity index (χ0n) is 22.5. The van der Waals surface area contributed by atoms with E-state index in [-0.39, 0.29) is 24.2 Å². The molecule has 2 aromatic carbocycles. The average molecular weight is 539 g/mol. The number of carbonyl (C=O) groups is 1. The maximum absolute atomic E-state index is 13.2. The van der Waals surface area contributed by atoms with Crippen LogP contribution in [0.1, 0.15) is 58.6 Å². The molecular formula is C28H34BNO7S. The van der Waals surface area contributed by atoms with Crippen LogP contribution >= 0.6 is 0 Å². The Morgan fingerprint density at radius 1 is 1.08 bits per heavy atom. The number of benzene rings is 2. The number of rotatable bonds is 9. The molecule has 1 saturated heterocycles. The molecule has 202 valence electrons. The summed E-state index contributed by atoms with van der Waals surface area (Å²) in [7, 11) is -4.17. The molecule has 8 nitrogen and oxygen atoms in total. The third kappa shape index (κ3) is 4.97. The van der Waals surface area contributed by atoms with Crippen LogP contribution in [0.25, 0.3) is 10.9 Å². The second-order valence-corrected chi connectivity index (χ2v) is 13.0. The molecule has 2 heterocycles. The maximum Gasteiger partial charge on any atom is 0.495 e. The smallest absolute Gasteiger partial charge is 0.489 e. The Hall–Kier alpha value is -2.82. The van der Waals surface area contributed by atoms with E-state index >= 15 is 0 Å². The van der Waals surface area contributed by atoms with Crippen LogP contribution < -0.4 is 10.2 Å². The molecule has 1 aromatic heterocycles. The van der Waals surface area contributed by atoms with Crippen molar-refractivity contribution in [3.8, 4) is 5.75 Å². The summed E-state index contributed by atoms with van der Waals surface area (Å²) in [5, 5.41) is 0.409. The minimum Gasteiger partial charge on any atom is -0.489 e. The van der Waals surface area contributed by atoms with E-state index in [0.717, 1.165) is 22.0 Å². The van der Waals surface area contributed by atoms with Crippen molar-refractivity contribution in [1.29, 1.82) is 0 Å². The van der Waals surface area contributed by atoms with Crippen LogP contribution in [-0.4, -0.2) is 48.5 Å². The summed E-state index contributed by atoms with van der Waals surface area (Å²) < 4.78 is 51.8. The number of nitrogens with zero attached hydrogens (tertiary/aromatic N) is 1. The molecule has 0 radical (unpaired) electrons. The fourth-order valence-electron chi connectivity index (χ4n) is 4.62. The van der Waals surface area contributed by atoms with Gasteiger partial charge in [0.15, 0.2) is 0 Å². The van der Waals surface area contributed by atoms with E-state index in [1.54, 1.807) is 13.1 Å². The molecule has 0 amide bonds. The lowest BCUT2D eigenvalue weighted by atomic mass is 9.76. The van der Waals surface area contributed by atoms with Crippen LogP contribution in [0.5, 0.6) is 5.75 Å². The second-order valence-electron chi connectivity index (χ2n) is 10.9. The molecule has 0 unspecified atom stereocenters. The number of carbonyl (C=O) groups excluding carboxylic acids is 1. The Morgan fingerprint density at radius 2 is 1.76 bits per heavy atom. The summed E-state index contributed by atoms with van der Waals surface area (Å²) in [4.78, 5) is 12.1. The van der Waals surface area contributed by atoms with Gasteiger partial charge in [0.2, 0.25) is 10.0 Å². The lowest BCUT2D eigenvalue weighted by Crippen LogP contribution is -2.41. The normalized spacial score (nSPS) is 18.6. The molecule has 3 aromatic rings. The zero-order chi connectivity index (χ0) is 27.3. The number of para-hydroxylation sites is 1. The van der Waals surface area contributed by atoms with Crippen molar-refractivity contribution in [3.63, 3.8) is 0 Å². The van der Waals surface area contributed by atoms with Crippen molar-refractivity contribution in [2.24, 2.45) is 0 Å². The highest BCUT2D eigenvalue weighted by Gasteiger charge is 2.52. The maximum atomic E-state index is 13.2. The summed E-state index contributed by atoms with van der Waals surface area (Å²) in [6, 6.07) is 12.9. The van der Waals surface area contributed by atoms with Gasteiger partial charge in [-0.3, -0.25) is 4.79 Å². The summed E-state index contributed by atoms with van der Waals surface area (Å²) in [5.74, 6) is 0.245. The van der Waals surface area contributed by atoms with Gasteiger partial charge in [-0.05, 0) is 76.7 Å². The fourth-order valence-corrected chi connectivity index (χ4v) is 6.33. The van der Waals surface area contributed by atoms with E-state index < -0.39 is 28.3 Å². The highest BCUT2D eigenvalue weighted by molar-refractivity contribution is 7.91. The number of ether oxygens (including phenoxy) is 2. The van der Waals surface area contributed by atoms with E-state index in [9.17, 15) is 13.2 Å². The van der Waals surface area contributed by atoms with E-state index in [1.165, 1.54) is 3.97 Å². The first-order valence-corrected chi connectivity index (χ1v) is 14.5. The van der Waals surface area contributed by atoms with Gasteiger partial charge in [0, 0.05) is 17.1 Å². The Kier molecular flexibility index (Phi) is 6.86. The molecule has 2 fully saturated rings. The van der Waals surface area contributed by atoms with Gasteiger partial charge in [0.25, 0.3) is 0 Å². The fraction of sp³-hybridized carbons (Fsp3) is 0.464. The molecule has 0 spiro atoms. The molecule has 10 heteroatoms. The average Bonchev–Trinajstić information content (AvgIpc) is 3.58. The first kappa shape index (κ1) is 26.8. The van der Waals surface area contributed by atoms with Gasteiger partial charge in [0.1, 0.15) is 12.4 Å². The Morgan fingerprint density at radius 3 is 2.42 bits per heavy atom. The van der Waals surface area contributed by atoms with Crippen LogP contribution in [0.15, 0.2) is 48.7 Å². The van der Waals surface area contributed by atoms with Gasteiger partial charge >= 0.3 is 13.1 Å². The highest BCUT2D eigenvalue weighted by atomic mass is 32.2. The van der Waals surface area contributed by atoms with Crippen LogP contribution in [0.4, 0.5) is 0 Å². The van der Waals surface area contributed by atoms with Crippen molar-refractivity contribution in [3.05, 3.63) is 59.8 Å². The monoisotopic (exact) mass is 539 g/mol. The van der Waals surface area contributed by atoms with Crippen molar-refractivity contribution < 1.29 is 32.0 Å². The third-order valence-corrected chi connectivity index (χ3v) is 9.78. The number of esters is 1. The van der Waals surface area contributed by atoms with Crippen LogP contribution in [-0.2, 0) is 41.9 Å². The predicted molar refractivity (Wildman–Crippen MR) is 146 cm³/mol. The highest BCUT2D eigenvalue weighted by Crippen LogP contribution is 2.38. The summed E-state index contributed by atoms with van der Waals surface area (Å²) in [5.41, 5.74) is 1.71. The second kappa shape index (κ2) is 9.74. The standard InChI is InChI=1S/C28H34BNO7S/c1-6-34-26(31)17-20-9-7-8-10-25(20)35-18-19-15-23(29-36-27(2,3)28(4,5)37-29)22-13-14-30(24(22)16-19)38(32,33)21-11-12-21/h7-10,13-16,21H,6,11-12,17-18H2,1-5H3. The Balaban J connectivity index is 1.52. The topological polar surface area (TPSA) is 93.1 Å². The number of aromatic nitrogens is 1. The first-order valence-electron chi connectivity index (χ1n) is 13.0. The van der Waals surface area contributed by atoms with E-state index in [2.05, 4.69) is 0 Å². The van der Waals surface area contributed by atoms with E-state index in [4.69, 9.17) is 18.8 Å². The molecule has 0 atom stereocenters. The summed E-state index contributed by atoms with van der Waals surface area (Å²) >= 11 is 0. The SMILES string of the molecule is CCOC(=O)Cc1ccccc1OCc1cc(B2OC(C)(C)C(C)(C)O2)c2ccn(S(=O)(=O)C3CC3)c2c1. The molecule has 0 N–H and O–H groups in total. The third-order valence-electron chi connectivity index (χ3n) is 7.60. The molecular weight excluding hydrogens is 505 g/mol. The number of hydrogen-bond acceptors (Lipinski definition) is 7. The zero-order valence-corrected chi connectivity index (χ0v) is 23.3. The molecule has 2 aliphatic rings. The number of fused-ring (bicyclic) bond motifs is 1. The van der Waals surface area contributed by atoms with Crippen LogP contribution in [0, 0.1) is 0 Å². The van der Waals surface area contributed by atoms with Gasteiger partial charge in [-0.1, -0.05) is 24.3 Å². The first-order chi connectivity index (χ1) is 17.9. The molecule has 1 aliphatic carbocycles. The minimum atomic E-state index is -3.50. The predicted octanol–water partition coefficient (Wildman–Crippen LogP) is 3.97. The van der Waals surface area contributed by atoms with Gasteiger partial charge in [-0.15, -0.1) is 0 Å². The van der Waals surface area contributed by atoms with Crippen molar-refractivity contribution >= 4 is 39.5 Å². The molecule has 1 aliphatic heterocycles. The minimum absolute atomic E-state index is 0.102. The van der Waals surface area contributed by atoms with Gasteiger partial charge in [-0.2, -0.15) is 0 Å². The lowest BCUT2D eigenvalue weighted by molar-refractivity contribution is -0.142. The largest absolute Gasteiger partial charge is 0.495 e. The lowest BCUT2D eigenvalue weighted by Gasteiger charge is -2.32.